The Morgan fingerprint density at radius 3 is 1.25 bits per heavy atom. The molecule has 0 radical (unpaired) electrons. The SMILES string of the molecule is CCC(CO)(CO)CO.COC. The minimum Gasteiger partial charge on any atom is -0.396 e. The van der Waals surface area contributed by atoms with Crippen molar-refractivity contribution in [2.45, 2.75) is 13.3 Å². The summed E-state index contributed by atoms with van der Waals surface area (Å²) in [5.74, 6) is 0. The zero-order valence-corrected chi connectivity index (χ0v) is 8.08. The molecule has 4 nitrogen and oxygen atoms in total. The van der Waals surface area contributed by atoms with Crippen LogP contribution >= 0.6 is 0 Å². The quantitative estimate of drug-likeness (QED) is 0.551. The number of hydrogen-bond acceptors (Lipinski definition) is 4. The van der Waals surface area contributed by atoms with Gasteiger partial charge in [-0.3, -0.25) is 0 Å². The highest BCUT2D eigenvalue weighted by molar-refractivity contribution is 4.74. The van der Waals surface area contributed by atoms with Gasteiger partial charge in [-0.2, -0.15) is 0 Å². The van der Waals surface area contributed by atoms with Crippen molar-refractivity contribution in [1.82, 2.24) is 0 Å². The van der Waals surface area contributed by atoms with E-state index in [1.807, 2.05) is 6.92 Å². The first-order valence-electron chi connectivity index (χ1n) is 3.89. The molecule has 4 heteroatoms. The Hall–Kier alpha value is -0.160. The maximum atomic E-state index is 8.66. The van der Waals surface area contributed by atoms with Crippen molar-refractivity contribution in [1.29, 1.82) is 0 Å². The van der Waals surface area contributed by atoms with Gasteiger partial charge < -0.3 is 20.1 Å². The largest absolute Gasteiger partial charge is 0.396 e. The molecule has 76 valence electrons. The van der Waals surface area contributed by atoms with Gasteiger partial charge in [0.1, 0.15) is 0 Å². The number of rotatable bonds is 4. The molecule has 0 heterocycles. The standard InChI is InChI=1S/C6H14O3.C2H6O/c1-2-6(3-7,4-8)5-9;1-3-2/h7-9H,2-5H2,1H3;1-2H3. The molecule has 0 amide bonds. The van der Waals surface area contributed by atoms with E-state index in [0.29, 0.717) is 6.42 Å². The molecule has 12 heavy (non-hydrogen) atoms. The molecular weight excluding hydrogens is 160 g/mol. The first-order chi connectivity index (χ1) is 5.66. The second kappa shape index (κ2) is 8.93. The highest BCUT2D eigenvalue weighted by Gasteiger charge is 2.24. The van der Waals surface area contributed by atoms with Crippen molar-refractivity contribution >= 4 is 0 Å². The Morgan fingerprint density at radius 2 is 1.25 bits per heavy atom. The van der Waals surface area contributed by atoms with Crippen molar-refractivity contribution in [3.8, 4) is 0 Å². The summed E-state index contributed by atoms with van der Waals surface area (Å²) in [5, 5.41) is 26.0. The zero-order chi connectivity index (χ0) is 10.0. The van der Waals surface area contributed by atoms with Crippen molar-refractivity contribution in [3.05, 3.63) is 0 Å². The van der Waals surface area contributed by atoms with Crippen LogP contribution in [0.25, 0.3) is 0 Å². The van der Waals surface area contributed by atoms with Crippen LogP contribution in [-0.2, 0) is 4.74 Å². The van der Waals surface area contributed by atoms with Gasteiger partial charge in [0.2, 0.25) is 0 Å². The van der Waals surface area contributed by atoms with Crippen molar-refractivity contribution in [3.63, 3.8) is 0 Å². The van der Waals surface area contributed by atoms with Crippen molar-refractivity contribution in [2.24, 2.45) is 5.41 Å². The van der Waals surface area contributed by atoms with E-state index in [4.69, 9.17) is 15.3 Å². The molecule has 0 fully saturated rings. The maximum Gasteiger partial charge on any atom is 0.0531 e. The molecule has 0 aromatic heterocycles. The number of ether oxygens (including phenoxy) is 1. The molecule has 0 atom stereocenters. The second-order valence-electron chi connectivity index (χ2n) is 2.74. The van der Waals surface area contributed by atoms with E-state index in [2.05, 4.69) is 4.74 Å². The molecule has 0 aliphatic carbocycles. The van der Waals surface area contributed by atoms with E-state index in [9.17, 15) is 0 Å². The first kappa shape index (κ1) is 14.4. The molecular formula is C8H20O4. The van der Waals surface area contributed by atoms with Gasteiger partial charge in [0.05, 0.1) is 19.8 Å². The number of aliphatic hydroxyl groups excluding tert-OH is 3. The molecule has 0 spiro atoms. The van der Waals surface area contributed by atoms with Crippen LogP contribution in [0.15, 0.2) is 0 Å². The normalized spacial score (nSPS) is 10.5. The molecule has 0 aliphatic heterocycles. The van der Waals surface area contributed by atoms with E-state index < -0.39 is 5.41 Å². The van der Waals surface area contributed by atoms with Gasteiger partial charge in [0, 0.05) is 19.6 Å². The lowest BCUT2D eigenvalue weighted by atomic mass is 9.88. The Labute approximate surface area is 73.8 Å². The first-order valence-corrected chi connectivity index (χ1v) is 3.89. The summed E-state index contributed by atoms with van der Waals surface area (Å²) in [7, 11) is 3.25. The molecule has 0 aromatic rings. The second-order valence-corrected chi connectivity index (χ2v) is 2.74. The van der Waals surface area contributed by atoms with Crippen LogP contribution in [0.3, 0.4) is 0 Å². The van der Waals surface area contributed by atoms with Crippen LogP contribution in [0.5, 0.6) is 0 Å². The van der Waals surface area contributed by atoms with Crippen molar-refractivity contribution in [2.75, 3.05) is 34.0 Å². The maximum absolute atomic E-state index is 8.66. The molecule has 0 saturated carbocycles. The summed E-state index contributed by atoms with van der Waals surface area (Å²) in [6, 6.07) is 0. The Balaban J connectivity index is 0. The van der Waals surface area contributed by atoms with Gasteiger partial charge >= 0.3 is 0 Å². The highest BCUT2D eigenvalue weighted by atomic mass is 16.4. The summed E-state index contributed by atoms with van der Waals surface area (Å²) < 4.78 is 4.25. The van der Waals surface area contributed by atoms with Crippen LogP contribution in [0, 0.1) is 5.41 Å². The lowest BCUT2D eigenvalue weighted by molar-refractivity contribution is 0.00304. The third-order valence-corrected chi connectivity index (χ3v) is 1.76. The number of hydrogen-bond donors (Lipinski definition) is 3. The lowest BCUT2D eigenvalue weighted by Crippen LogP contribution is -2.32. The summed E-state index contributed by atoms with van der Waals surface area (Å²) in [4.78, 5) is 0. The molecule has 0 rings (SSSR count). The fraction of sp³-hybridized carbons (Fsp3) is 1.00. The summed E-state index contributed by atoms with van der Waals surface area (Å²) in [6.45, 7) is 1.35. The fourth-order valence-corrected chi connectivity index (χ4v) is 0.485. The van der Waals surface area contributed by atoms with Gasteiger partial charge in [-0.1, -0.05) is 6.92 Å². The van der Waals surface area contributed by atoms with Gasteiger partial charge in [-0.25, -0.2) is 0 Å². The molecule has 0 bridgehead atoms. The number of methoxy groups -OCH3 is 1. The molecule has 0 aromatic carbocycles. The summed E-state index contributed by atoms with van der Waals surface area (Å²) in [5.41, 5.74) is -0.667. The van der Waals surface area contributed by atoms with E-state index in [1.165, 1.54) is 0 Å². The predicted octanol–water partition coefficient (Wildman–Crippen LogP) is -0.378. The average Bonchev–Trinajstić information content (AvgIpc) is 2.11. The minimum absolute atomic E-state index is 0.156. The van der Waals surface area contributed by atoms with E-state index in [0.717, 1.165) is 0 Å². The van der Waals surface area contributed by atoms with Crippen LogP contribution < -0.4 is 0 Å². The Morgan fingerprint density at radius 1 is 1.00 bits per heavy atom. The summed E-state index contributed by atoms with van der Waals surface area (Å²) >= 11 is 0. The molecule has 0 unspecified atom stereocenters. The third-order valence-electron chi connectivity index (χ3n) is 1.76. The van der Waals surface area contributed by atoms with Gasteiger partial charge in [0.15, 0.2) is 0 Å². The molecule has 0 aliphatic rings. The smallest absolute Gasteiger partial charge is 0.0531 e. The van der Waals surface area contributed by atoms with Crippen molar-refractivity contribution < 1.29 is 20.1 Å². The Kier molecular flexibility index (Phi) is 10.7. The van der Waals surface area contributed by atoms with E-state index >= 15 is 0 Å². The fourth-order valence-electron chi connectivity index (χ4n) is 0.485. The monoisotopic (exact) mass is 180 g/mol. The van der Waals surface area contributed by atoms with Crippen LogP contribution in [0.2, 0.25) is 0 Å². The zero-order valence-electron chi connectivity index (χ0n) is 8.08. The minimum atomic E-state index is -0.667. The average molecular weight is 180 g/mol. The van der Waals surface area contributed by atoms with Gasteiger partial charge in [-0.05, 0) is 6.42 Å². The van der Waals surface area contributed by atoms with Gasteiger partial charge in [-0.15, -0.1) is 0 Å². The Bertz CT molecular complexity index is 63.6. The van der Waals surface area contributed by atoms with Crippen LogP contribution in [0.4, 0.5) is 0 Å². The number of aliphatic hydroxyl groups is 3. The summed E-state index contributed by atoms with van der Waals surface area (Å²) in [6.07, 6.45) is 0.594. The third kappa shape index (κ3) is 5.49. The van der Waals surface area contributed by atoms with Gasteiger partial charge in [0.25, 0.3) is 0 Å². The van der Waals surface area contributed by atoms with Crippen LogP contribution in [0.1, 0.15) is 13.3 Å². The van der Waals surface area contributed by atoms with E-state index in [-0.39, 0.29) is 19.8 Å². The highest BCUT2D eigenvalue weighted by Crippen LogP contribution is 2.18. The van der Waals surface area contributed by atoms with E-state index in [1.54, 1.807) is 14.2 Å². The lowest BCUT2D eigenvalue weighted by Gasteiger charge is -2.24. The predicted molar refractivity (Wildman–Crippen MR) is 46.9 cm³/mol. The molecule has 3 N–H and O–H groups in total. The van der Waals surface area contributed by atoms with Crippen LogP contribution in [-0.4, -0.2) is 49.4 Å². The topological polar surface area (TPSA) is 69.9 Å². The molecule has 0 saturated heterocycles.